The zero-order chi connectivity index (χ0) is 17.0. The molecule has 2 rings (SSSR count). The highest BCUT2D eigenvalue weighted by molar-refractivity contribution is 7.07. The van der Waals surface area contributed by atoms with Gasteiger partial charge in [0.15, 0.2) is 0 Å². The molecule has 132 valence electrons. The first-order chi connectivity index (χ1) is 10.8. The lowest BCUT2D eigenvalue weighted by atomic mass is 10.1. The highest BCUT2D eigenvalue weighted by Gasteiger charge is 2.31. The summed E-state index contributed by atoms with van der Waals surface area (Å²) in [4.78, 5) is 14.1. The maximum absolute atomic E-state index is 12.7. The Kier molecular flexibility index (Phi) is 7.26. The van der Waals surface area contributed by atoms with E-state index >= 15 is 0 Å². The molecule has 0 aliphatic carbocycles. The Morgan fingerprint density at radius 3 is 2.54 bits per heavy atom. The number of hydrogen-bond donors (Lipinski definition) is 1. The molecule has 0 saturated heterocycles. The van der Waals surface area contributed by atoms with Gasteiger partial charge in [-0.2, -0.15) is 24.5 Å². The standard InChI is InChI=1S/C16H17F3N2OS.ClH/c1-21(2)14(12-6-7-23-10-12)9-20-15(22)11-4-3-5-13(8-11)16(17,18)19;/h3-8,10,14H,9H2,1-2H3,(H,20,22);1H. The van der Waals surface area contributed by atoms with Gasteiger partial charge in [0.1, 0.15) is 0 Å². The van der Waals surface area contributed by atoms with Crippen LogP contribution in [0.3, 0.4) is 0 Å². The lowest BCUT2D eigenvalue weighted by molar-refractivity contribution is -0.137. The third-order valence-electron chi connectivity index (χ3n) is 3.46. The molecule has 1 aromatic heterocycles. The number of carbonyl (C=O) groups excluding carboxylic acids is 1. The van der Waals surface area contributed by atoms with Gasteiger partial charge in [-0.3, -0.25) is 4.79 Å². The Hall–Kier alpha value is -1.57. The fourth-order valence-corrected chi connectivity index (χ4v) is 2.90. The maximum Gasteiger partial charge on any atom is 0.416 e. The topological polar surface area (TPSA) is 32.3 Å². The molecule has 24 heavy (non-hydrogen) atoms. The van der Waals surface area contributed by atoms with Gasteiger partial charge >= 0.3 is 6.18 Å². The summed E-state index contributed by atoms with van der Waals surface area (Å²) in [5.41, 5.74) is 0.235. The van der Waals surface area contributed by atoms with E-state index in [-0.39, 0.29) is 24.0 Å². The molecular formula is C16H18ClF3N2OS. The molecule has 3 nitrogen and oxygen atoms in total. The van der Waals surface area contributed by atoms with Gasteiger partial charge in [0.25, 0.3) is 5.91 Å². The molecule has 0 spiro atoms. The molecule has 1 N–H and O–H groups in total. The van der Waals surface area contributed by atoms with Crippen LogP contribution in [-0.2, 0) is 6.18 Å². The van der Waals surface area contributed by atoms with Crippen molar-refractivity contribution in [3.63, 3.8) is 0 Å². The van der Waals surface area contributed by atoms with Crippen LogP contribution in [0.2, 0.25) is 0 Å². The summed E-state index contributed by atoms with van der Waals surface area (Å²) in [7, 11) is 3.78. The maximum atomic E-state index is 12.7. The van der Waals surface area contributed by atoms with E-state index in [0.29, 0.717) is 6.54 Å². The Bertz CT molecular complexity index is 660. The van der Waals surface area contributed by atoms with Crippen molar-refractivity contribution in [3.8, 4) is 0 Å². The summed E-state index contributed by atoms with van der Waals surface area (Å²) in [6.45, 7) is 0.318. The van der Waals surface area contributed by atoms with E-state index in [4.69, 9.17) is 0 Å². The lowest BCUT2D eigenvalue weighted by Gasteiger charge is -2.24. The minimum absolute atomic E-state index is 0. The number of alkyl halides is 3. The van der Waals surface area contributed by atoms with Crippen molar-refractivity contribution >= 4 is 29.7 Å². The molecule has 2 aromatic rings. The summed E-state index contributed by atoms with van der Waals surface area (Å²) in [6, 6.07) is 6.36. The fourth-order valence-electron chi connectivity index (χ4n) is 2.19. The lowest BCUT2D eigenvalue weighted by Crippen LogP contribution is -2.34. The third kappa shape index (κ3) is 5.22. The third-order valence-corrected chi connectivity index (χ3v) is 4.16. The first-order valence-electron chi connectivity index (χ1n) is 6.93. The van der Waals surface area contributed by atoms with Crippen molar-refractivity contribution in [2.45, 2.75) is 12.2 Å². The summed E-state index contributed by atoms with van der Waals surface area (Å²) in [5.74, 6) is -0.516. The van der Waals surface area contributed by atoms with Gasteiger partial charge in [-0.1, -0.05) is 6.07 Å². The normalized spacial score (nSPS) is 12.6. The van der Waals surface area contributed by atoms with Gasteiger partial charge < -0.3 is 10.2 Å². The van der Waals surface area contributed by atoms with Gasteiger partial charge in [0.2, 0.25) is 0 Å². The van der Waals surface area contributed by atoms with Crippen molar-refractivity contribution in [1.29, 1.82) is 0 Å². The molecule has 0 bridgehead atoms. The van der Waals surface area contributed by atoms with E-state index < -0.39 is 17.6 Å². The molecule has 8 heteroatoms. The second kappa shape index (κ2) is 8.50. The molecular weight excluding hydrogens is 361 g/mol. The van der Waals surface area contributed by atoms with Crippen LogP contribution in [0, 0.1) is 0 Å². The van der Waals surface area contributed by atoms with Crippen LogP contribution in [0.4, 0.5) is 13.2 Å². The molecule has 0 saturated carbocycles. The number of rotatable bonds is 5. The summed E-state index contributed by atoms with van der Waals surface area (Å²) in [6.07, 6.45) is -4.46. The van der Waals surface area contributed by atoms with E-state index in [9.17, 15) is 18.0 Å². The van der Waals surface area contributed by atoms with Crippen molar-refractivity contribution < 1.29 is 18.0 Å². The summed E-state index contributed by atoms with van der Waals surface area (Å²) < 4.78 is 38.1. The average molecular weight is 379 g/mol. The van der Waals surface area contributed by atoms with Crippen LogP contribution < -0.4 is 5.32 Å². The van der Waals surface area contributed by atoms with Crippen LogP contribution in [-0.4, -0.2) is 31.4 Å². The van der Waals surface area contributed by atoms with Crippen LogP contribution in [0.5, 0.6) is 0 Å². The second-order valence-corrected chi connectivity index (χ2v) is 6.10. The Morgan fingerprint density at radius 2 is 2.00 bits per heavy atom. The van der Waals surface area contributed by atoms with Crippen molar-refractivity contribution in [2.75, 3.05) is 20.6 Å². The van der Waals surface area contributed by atoms with E-state index in [0.717, 1.165) is 17.7 Å². The highest BCUT2D eigenvalue weighted by atomic mass is 35.5. The molecule has 0 fully saturated rings. The van der Waals surface area contributed by atoms with Crippen molar-refractivity contribution in [1.82, 2.24) is 10.2 Å². The molecule has 1 atom stereocenters. The molecule has 0 aliphatic rings. The zero-order valence-corrected chi connectivity index (χ0v) is 14.8. The van der Waals surface area contributed by atoms with Crippen LogP contribution in [0.1, 0.15) is 27.5 Å². The highest BCUT2D eigenvalue weighted by Crippen LogP contribution is 2.29. The van der Waals surface area contributed by atoms with Gasteiger partial charge in [-0.15, -0.1) is 12.4 Å². The Balaban J connectivity index is 0.00000288. The fraction of sp³-hybridized carbons (Fsp3) is 0.312. The first-order valence-corrected chi connectivity index (χ1v) is 7.87. The van der Waals surface area contributed by atoms with Crippen LogP contribution in [0.15, 0.2) is 41.1 Å². The van der Waals surface area contributed by atoms with Crippen molar-refractivity contribution in [2.24, 2.45) is 0 Å². The van der Waals surface area contributed by atoms with E-state index in [1.54, 1.807) is 11.3 Å². The minimum Gasteiger partial charge on any atom is -0.350 e. The molecule has 1 unspecified atom stereocenters. The quantitative estimate of drug-likeness (QED) is 0.844. The minimum atomic E-state index is -4.46. The van der Waals surface area contributed by atoms with Crippen LogP contribution in [0.25, 0.3) is 0 Å². The SMILES string of the molecule is CN(C)C(CNC(=O)c1cccc(C(F)(F)F)c1)c1ccsc1.Cl. The van der Waals surface area contributed by atoms with Crippen molar-refractivity contribution in [3.05, 3.63) is 57.8 Å². The molecule has 0 radical (unpaired) electrons. The van der Waals surface area contributed by atoms with Gasteiger partial charge in [0.05, 0.1) is 11.6 Å². The first kappa shape index (κ1) is 20.5. The molecule has 1 heterocycles. The number of thiophene rings is 1. The summed E-state index contributed by atoms with van der Waals surface area (Å²) >= 11 is 1.56. The number of amides is 1. The smallest absolute Gasteiger partial charge is 0.350 e. The monoisotopic (exact) mass is 378 g/mol. The molecule has 0 aliphatic heterocycles. The largest absolute Gasteiger partial charge is 0.416 e. The predicted molar refractivity (Wildman–Crippen MR) is 91.8 cm³/mol. The van der Waals surface area contributed by atoms with E-state index in [1.165, 1.54) is 12.1 Å². The van der Waals surface area contributed by atoms with Gasteiger partial charge in [0, 0.05) is 12.1 Å². The summed E-state index contributed by atoms with van der Waals surface area (Å²) in [5, 5.41) is 6.64. The number of nitrogens with one attached hydrogen (secondary N) is 1. The molecule has 1 amide bonds. The average Bonchev–Trinajstić information content (AvgIpc) is 3.00. The zero-order valence-electron chi connectivity index (χ0n) is 13.1. The number of halogens is 4. The molecule has 1 aromatic carbocycles. The second-order valence-electron chi connectivity index (χ2n) is 5.32. The van der Waals surface area contributed by atoms with E-state index in [1.807, 2.05) is 35.8 Å². The van der Waals surface area contributed by atoms with Gasteiger partial charge in [-0.25, -0.2) is 0 Å². The predicted octanol–water partition coefficient (Wildman–Crippen LogP) is 4.22. The Morgan fingerprint density at radius 1 is 1.29 bits per heavy atom. The number of nitrogens with zero attached hydrogens (tertiary/aromatic N) is 1. The number of benzene rings is 1. The number of likely N-dealkylation sites (N-methyl/N-ethyl adjacent to an activating group) is 1. The Labute approximate surface area is 148 Å². The number of hydrogen-bond acceptors (Lipinski definition) is 3. The number of carbonyl (C=O) groups is 1. The van der Waals surface area contributed by atoms with Crippen LogP contribution >= 0.6 is 23.7 Å². The van der Waals surface area contributed by atoms with Gasteiger partial charge in [-0.05, 0) is 54.7 Å². The van der Waals surface area contributed by atoms with E-state index in [2.05, 4.69) is 5.32 Å².